The highest BCUT2D eigenvalue weighted by Crippen LogP contribution is 2.30. The smallest absolute Gasteiger partial charge is 0.263 e. The lowest BCUT2D eigenvalue weighted by atomic mass is 10.2. The lowest BCUT2D eigenvalue weighted by Gasteiger charge is -2.23. The Morgan fingerprint density at radius 1 is 1.11 bits per heavy atom. The Kier molecular flexibility index (Phi) is 7.63. The van der Waals surface area contributed by atoms with E-state index in [4.69, 9.17) is 37.4 Å². The van der Waals surface area contributed by atoms with Crippen molar-refractivity contribution < 1.29 is 19.0 Å². The highest BCUT2D eigenvalue weighted by Gasteiger charge is 2.21. The van der Waals surface area contributed by atoms with Gasteiger partial charge in [-0.2, -0.15) is 0 Å². The minimum absolute atomic E-state index is 0.172. The Hall–Kier alpha value is -2.11. The quantitative estimate of drug-likeness (QED) is 0.624. The summed E-state index contributed by atoms with van der Waals surface area (Å²) in [7, 11) is 3.30. The number of carbonyl (C=O) groups excluding carboxylic acids is 1. The van der Waals surface area contributed by atoms with Gasteiger partial charge in [0.05, 0.1) is 18.7 Å². The lowest BCUT2D eigenvalue weighted by molar-refractivity contribution is -0.137. The number of methoxy groups -OCH3 is 1. The van der Waals surface area contributed by atoms with Crippen LogP contribution in [-0.4, -0.2) is 37.7 Å². The molecule has 0 fully saturated rings. The van der Waals surface area contributed by atoms with Gasteiger partial charge in [-0.05, 0) is 49.7 Å². The van der Waals surface area contributed by atoms with Gasteiger partial charge in [0.1, 0.15) is 5.75 Å². The number of benzene rings is 2. The summed E-state index contributed by atoms with van der Waals surface area (Å²) < 4.78 is 16.6. The average molecular weight is 412 g/mol. The number of carbonyl (C=O) groups is 1. The van der Waals surface area contributed by atoms with E-state index in [0.717, 1.165) is 5.56 Å². The molecule has 0 heterocycles. The van der Waals surface area contributed by atoms with Crippen LogP contribution in [0.25, 0.3) is 0 Å². The average Bonchev–Trinajstić information content (AvgIpc) is 2.64. The van der Waals surface area contributed by atoms with Crippen LogP contribution in [0.3, 0.4) is 0 Å². The molecule has 0 spiro atoms. The van der Waals surface area contributed by atoms with Gasteiger partial charge >= 0.3 is 0 Å². The van der Waals surface area contributed by atoms with Crippen molar-refractivity contribution in [3.05, 3.63) is 52.0 Å². The second-order valence-electron chi connectivity index (χ2n) is 5.95. The minimum Gasteiger partial charge on any atom is -0.493 e. The van der Waals surface area contributed by atoms with E-state index >= 15 is 0 Å². The van der Waals surface area contributed by atoms with Crippen LogP contribution in [0.2, 0.25) is 10.0 Å². The zero-order chi connectivity index (χ0) is 20.0. The van der Waals surface area contributed by atoms with Crippen molar-refractivity contribution in [2.45, 2.75) is 26.5 Å². The standard InChI is InChI=1S/C20H23Cl2NO4/c1-5-26-18-8-6-14(10-19(18)25-4)12-23(3)20(24)13(2)27-17-9-7-15(21)11-16(17)22/h6-11,13H,5,12H2,1-4H3/t13-/m1/s1. The molecule has 146 valence electrons. The monoisotopic (exact) mass is 411 g/mol. The molecule has 2 rings (SSSR count). The molecule has 0 saturated carbocycles. The Morgan fingerprint density at radius 3 is 2.44 bits per heavy atom. The molecule has 0 aromatic heterocycles. The zero-order valence-corrected chi connectivity index (χ0v) is 17.3. The second kappa shape index (κ2) is 9.72. The molecule has 0 radical (unpaired) electrons. The highest BCUT2D eigenvalue weighted by atomic mass is 35.5. The fourth-order valence-corrected chi connectivity index (χ4v) is 3.01. The van der Waals surface area contributed by atoms with Crippen LogP contribution in [0.5, 0.6) is 17.2 Å². The molecule has 1 atom stereocenters. The molecule has 1 amide bonds. The van der Waals surface area contributed by atoms with Crippen LogP contribution >= 0.6 is 23.2 Å². The predicted octanol–water partition coefficient (Wildman–Crippen LogP) is 4.83. The molecule has 5 nitrogen and oxygen atoms in total. The van der Waals surface area contributed by atoms with Gasteiger partial charge in [-0.15, -0.1) is 0 Å². The van der Waals surface area contributed by atoms with E-state index in [1.807, 2.05) is 25.1 Å². The molecule has 2 aromatic rings. The van der Waals surface area contributed by atoms with Crippen molar-refractivity contribution in [3.63, 3.8) is 0 Å². The van der Waals surface area contributed by atoms with E-state index in [0.29, 0.717) is 40.4 Å². The molecule has 0 N–H and O–H groups in total. The van der Waals surface area contributed by atoms with E-state index < -0.39 is 6.10 Å². The van der Waals surface area contributed by atoms with Crippen molar-refractivity contribution in [1.82, 2.24) is 4.90 Å². The SMILES string of the molecule is CCOc1ccc(CN(C)C(=O)[C@@H](C)Oc2ccc(Cl)cc2Cl)cc1OC. The maximum absolute atomic E-state index is 12.6. The van der Waals surface area contributed by atoms with Crippen LogP contribution in [-0.2, 0) is 11.3 Å². The molecule has 2 aromatic carbocycles. The zero-order valence-electron chi connectivity index (χ0n) is 15.8. The third-order valence-corrected chi connectivity index (χ3v) is 4.40. The molecular weight excluding hydrogens is 389 g/mol. The summed E-state index contributed by atoms with van der Waals surface area (Å²) >= 11 is 12.0. The first kappa shape index (κ1) is 21.2. The van der Waals surface area contributed by atoms with Gasteiger partial charge in [-0.3, -0.25) is 4.79 Å². The maximum Gasteiger partial charge on any atom is 0.263 e. The number of rotatable bonds is 8. The lowest BCUT2D eigenvalue weighted by Crippen LogP contribution is -2.37. The topological polar surface area (TPSA) is 48.0 Å². The second-order valence-corrected chi connectivity index (χ2v) is 6.79. The van der Waals surface area contributed by atoms with Crippen LogP contribution in [0.1, 0.15) is 19.4 Å². The Morgan fingerprint density at radius 2 is 1.81 bits per heavy atom. The summed E-state index contributed by atoms with van der Waals surface area (Å²) in [5.74, 6) is 1.55. The summed E-state index contributed by atoms with van der Waals surface area (Å²) in [5, 5.41) is 0.869. The molecule has 0 aliphatic heterocycles. The predicted molar refractivity (Wildman–Crippen MR) is 107 cm³/mol. The summed E-state index contributed by atoms with van der Waals surface area (Å²) in [5.41, 5.74) is 0.919. The van der Waals surface area contributed by atoms with Crippen LogP contribution in [0, 0.1) is 0 Å². The first-order valence-corrected chi connectivity index (χ1v) is 9.27. The molecule has 0 aliphatic rings. The highest BCUT2D eigenvalue weighted by molar-refractivity contribution is 6.35. The molecule has 0 bridgehead atoms. The van der Waals surface area contributed by atoms with Crippen LogP contribution < -0.4 is 14.2 Å². The van der Waals surface area contributed by atoms with Crippen molar-refractivity contribution >= 4 is 29.1 Å². The van der Waals surface area contributed by atoms with Gasteiger partial charge in [0.2, 0.25) is 0 Å². The Bertz CT molecular complexity index is 798. The molecule has 27 heavy (non-hydrogen) atoms. The van der Waals surface area contributed by atoms with E-state index in [1.54, 1.807) is 44.2 Å². The van der Waals surface area contributed by atoms with Crippen molar-refractivity contribution in [1.29, 1.82) is 0 Å². The number of likely N-dealkylation sites (N-methyl/N-ethyl adjacent to an activating group) is 1. The minimum atomic E-state index is -0.696. The van der Waals surface area contributed by atoms with Crippen molar-refractivity contribution in [2.24, 2.45) is 0 Å². The maximum atomic E-state index is 12.6. The molecule has 0 unspecified atom stereocenters. The van der Waals surface area contributed by atoms with Gasteiger partial charge in [0.25, 0.3) is 5.91 Å². The summed E-state index contributed by atoms with van der Waals surface area (Å²) in [6.07, 6.45) is -0.696. The first-order valence-electron chi connectivity index (χ1n) is 8.52. The van der Waals surface area contributed by atoms with E-state index in [-0.39, 0.29) is 5.91 Å². The fourth-order valence-electron chi connectivity index (χ4n) is 2.56. The molecular formula is C20H23Cl2NO4. The van der Waals surface area contributed by atoms with Crippen LogP contribution in [0.15, 0.2) is 36.4 Å². The third kappa shape index (κ3) is 5.68. The van der Waals surface area contributed by atoms with E-state index in [9.17, 15) is 4.79 Å². The van der Waals surface area contributed by atoms with E-state index in [1.165, 1.54) is 0 Å². The van der Waals surface area contributed by atoms with Crippen molar-refractivity contribution in [3.8, 4) is 17.2 Å². The van der Waals surface area contributed by atoms with E-state index in [2.05, 4.69) is 0 Å². The number of ether oxygens (including phenoxy) is 3. The fraction of sp³-hybridized carbons (Fsp3) is 0.350. The summed E-state index contributed by atoms with van der Waals surface area (Å²) in [4.78, 5) is 14.2. The summed E-state index contributed by atoms with van der Waals surface area (Å²) in [6, 6.07) is 10.5. The molecule has 0 saturated heterocycles. The number of nitrogens with zero attached hydrogens (tertiary/aromatic N) is 1. The third-order valence-electron chi connectivity index (χ3n) is 3.87. The van der Waals surface area contributed by atoms with Gasteiger partial charge in [0, 0.05) is 18.6 Å². The number of halogens is 2. The van der Waals surface area contributed by atoms with Gasteiger partial charge in [0.15, 0.2) is 17.6 Å². The molecule has 7 heteroatoms. The van der Waals surface area contributed by atoms with Gasteiger partial charge in [-0.1, -0.05) is 29.3 Å². The largest absolute Gasteiger partial charge is 0.493 e. The number of hydrogen-bond donors (Lipinski definition) is 0. The Labute approximate surface area is 169 Å². The number of hydrogen-bond acceptors (Lipinski definition) is 4. The van der Waals surface area contributed by atoms with Gasteiger partial charge in [-0.25, -0.2) is 0 Å². The van der Waals surface area contributed by atoms with Crippen molar-refractivity contribution in [2.75, 3.05) is 20.8 Å². The normalized spacial score (nSPS) is 11.6. The number of amides is 1. The first-order chi connectivity index (χ1) is 12.8. The van der Waals surface area contributed by atoms with Crippen LogP contribution in [0.4, 0.5) is 0 Å². The Balaban J connectivity index is 2.04. The summed E-state index contributed by atoms with van der Waals surface area (Å²) in [6.45, 7) is 4.55. The molecule has 0 aliphatic carbocycles. The van der Waals surface area contributed by atoms with Gasteiger partial charge < -0.3 is 19.1 Å².